The Morgan fingerprint density at radius 3 is 2.70 bits per heavy atom. The molecule has 0 radical (unpaired) electrons. The van der Waals surface area contributed by atoms with Crippen molar-refractivity contribution in [2.45, 2.75) is 10.6 Å². The van der Waals surface area contributed by atoms with Crippen LogP contribution < -0.4 is 4.90 Å². The fourth-order valence-corrected chi connectivity index (χ4v) is 5.92. The van der Waals surface area contributed by atoms with E-state index in [0.29, 0.717) is 5.69 Å². The molecule has 27 heavy (non-hydrogen) atoms. The van der Waals surface area contributed by atoms with Crippen LogP contribution in [0.3, 0.4) is 0 Å². The van der Waals surface area contributed by atoms with E-state index in [1.807, 2.05) is 22.7 Å². The molecule has 2 aliphatic heterocycles. The molecule has 5 nitrogen and oxygen atoms in total. The van der Waals surface area contributed by atoms with E-state index in [9.17, 15) is 4.79 Å². The molecule has 2 aliphatic rings. The van der Waals surface area contributed by atoms with Crippen LogP contribution in [0.1, 0.15) is 16.1 Å². The highest BCUT2D eigenvalue weighted by atomic mass is 32.2. The largest absolute Gasteiger partial charge is 0.368 e. The lowest BCUT2D eigenvalue weighted by Gasteiger charge is -2.36. The number of thioether (sulfide) groups is 1. The molecule has 0 aliphatic carbocycles. The lowest BCUT2D eigenvalue weighted by atomic mass is 10.1. The Bertz CT molecular complexity index is 958. The van der Waals surface area contributed by atoms with Gasteiger partial charge in [-0.15, -0.1) is 23.1 Å². The average Bonchev–Trinajstić information content (AvgIpc) is 3.32. The molecule has 1 aromatic carbocycles. The maximum absolute atomic E-state index is 13.2. The average molecular weight is 397 g/mol. The van der Waals surface area contributed by atoms with Crippen molar-refractivity contribution in [1.82, 2.24) is 15.1 Å². The zero-order valence-electron chi connectivity index (χ0n) is 14.9. The number of anilines is 1. The molecule has 1 fully saturated rings. The summed E-state index contributed by atoms with van der Waals surface area (Å²) in [5, 5.41) is 9.68. The van der Waals surface area contributed by atoms with Gasteiger partial charge in [-0.05, 0) is 30.0 Å². The number of nitrogens with one attached hydrogen (secondary N) is 1. The second kappa shape index (κ2) is 7.05. The molecule has 0 atom stereocenters. The first kappa shape index (κ1) is 16.9. The zero-order chi connectivity index (χ0) is 18.2. The summed E-state index contributed by atoms with van der Waals surface area (Å²) in [7, 11) is 0. The molecule has 0 saturated carbocycles. The minimum absolute atomic E-state index is 0.0835. The van der Waals surface area contributed by atoms with Crippen molar-refractivity contribution in [3.05, 3.63) is 53.0 Å². The molecule has 0 spiro atoms. The van der Waals surface area contributed by atoms with E-state index < -0.39 is 0 Å². The molecule has 3 aromatic rings. The number of H-pyrrole nitrogens is 1. The molecule has 1 saturated heterocycles. The minimum Gasteiger partial charge on any atom is -0.368 e. The maximum Gasteiger partial charge on any atom is 0.272 e. The molecule has 1 N–H and O–H groups in total. The van der Waals surface area contributed by atoms with Gasteiger partial charge in [-0.2, -0.15) is 5.10 Å². The van der Waals surface area contributed by atoms with E-state index in [0.717, 1.165) is 49.6 Å². The summed E-state index contributed by atoms with van der Waals surface area (Å²) < 4.78 is 1.30. The van der Waals surface area contributed by atoms with E-state index in [2.05, 4.69) is 50.8 Å². The van der Waals surface area contributed by atoms with Gasteiger partial charge in [0.1, 0.15) is 5.69 Å². The van der Waals surface area contributed by atoms with Gasteiger partial charge in [0, 0.05) is 48.7 Å². The van der Waals surface area contributed by atoms with Gasteiger partial charge in [0.2, 0.25) is 0 Å². The predicted molar refractivity (Wildman–Crippen MR) is 111 cm³/mol. The molecule has 7 heteroatoms. The number of benzene rings is 1. The van der Waals surface area contributed by atoms with Crippen LogP contribution in [-0.2, 0) is 6.42 Å². The van der Waals surface area contributed by atoms with Crippen LogP contribution in [0.2, 0.25) is 0 Å². The van der Waals surface area contributed by atoms with E-state index in [4.69, 9.17) is 0 Å². The number of carbonyl (C=O) groups excluding carboxylic acids is 1. The van der Waals surface area contributed by atoms with Crippen LogP contribution in [0.5, 0.6) is 0 Å². The van der Waals surface area contributed by atoms with Gasteiger partial charge in [0.15, 0.2) is 0 Å². The molecule has 2 aromatic heterocycles. The highest BCUT2D eigenvalue weighted by molar-refractivity contribution is 8.01. The van der Waals surface area contributed by atoms with Gasteiger partial charge in [0.05, 0.1) is 9.90 Å². The van der Waals surface area contributed by atoms with E-state index in [-0.39, 0.29) is 5.91 Å². The summed E-state index contributed by atoms with van der Waals surface area (Å²) in [6, 6.07) is 12.5. The van der Waals surface area contributed by atoms with Gasteiger partial charge in [-0.1, -0.05) is 18.2 Å². The second-order valence-electron chi connectivity index (χ2n) is 6.76. The number of amides is 1. The lowest BCUT2D eigenvalue weighted by molar-refractivity contribution is 0.0740. The quantitative estimate of drug-likeness (QED) is 0.717. The van der Waals surface area contributed by atoms with Crippen molar-refractivity contribution < 1.29 is 4.79 Å². The summed E-state index contributed by atoms with van der Waals surface area (Å²) >= 11 is 3.62. The summed E-state index contributed by atoms with van der Waals surface area (Å²) in [6.45, 7) is 3.19. The molecular weight excluding hydrogens is 376 g/mol. The summed E-state index contributed by atoms with van der Waals surface area (Å²) in [4.78, 5) is 17.5. The summed E-state index contributed by atoms with van der Waals surface area (Å²) in [6.07, 6.45) is 0.878. The van der Waals surface area contributed by atoms with Crippen LogP contribution in [-0.4, -0.2) is 52.9 Å². The van der Waals surface area contributed by atoms with Crippen molar-refractivity contribution in [3.63, 3.8) is 0 Å². The van der Waals surface area contributed by atoms with Crippen molar-refractivity contribution in [2.75, 3.05) is 36.8 Å². The third kappa shape index (κ3) is 3.04. The smallest absolute Gasteiger partial charge is 0.272 e. The Labute approximate surface area is 166 Å². The number of carbonyl (C=O) groups is 1. The third-order valence-corrected chi connectivity index (χ3v) is 7.48. The van der Waals surface area contributed by atoms with Crippen LogP contribution in [0.4, 0.5) is 5.69 Å². The normalized spacial score (nSPS) is 16.6. The van der Waals surface area contributed by atoms with Gasteiger partial charge < -0.3 is 9.80 Å². The number of piperazine rings is 1. The summed E-state index contributed by atoms with van der Waals surface area (Å²) in [5.74, 6) is 1.07. The number of aromatic nitrogens is 2. The number of para-hydroxylation sites is 1. The fraction of sp³-hybridized carbons (Fsp3) is 0.300. The van der Waals surface area contributed by atoms with Gasteiger partial charge >= 0.3 is 0 Å². The SMILES string of the molecule is O=C(c1[nH]nc2c1CCSc1sccc1-2)N1CCN(c2ccccc2)CC1. The molecule has 4 heterocycles. The zero-order valence-corrected chi connectivity index (χ0v) is 16.5. The Kier molecular flexibility index (Phi) is 4.41. The first-order chi connectivity index (χ1) is 13.3. The number of hydrogen-bond donors (Lipinski definition) is 1. The van der Waals surface area contributed by atoms with Crippen molar-refractivity contribution in [2.24, 2.45) is 0 Å². The van der Waals surface area contributed by atoms with Crippen molar-refractivity contribution in [3.8, 4) is 11.3 Å². The third-order valence-electron chi connectivity index (χ3n) is 5.24. The molecule has 138 valence electrons. The topological polar surface area (TPSA) is 52.2 Å². The van der Waals surface area contributed by atoms with Gasteiger partial charge in [-0.25, -0.2) is 0 Å². The molecule has 1 amide bonds. The first-order valence-corrected chi connectivity index (χ1v) is 11.0. The Hall–Kier alpha value is -2.25. The maximum atomic E-state index is 13.2. The van der Waals surface area contributed by atoms with Crippen LogP contribution in [0, 0.1) is 0 Å². The van der Waals surface area contributed by atoms with Crippen LogP contribution >= 0.6 is 23.1 Å². The second-order valence-corrected chi connectivity index (χ2v) is 9.04. The number of thiophene rings is 1. The molecule has 5 rings (SSSR count). The van der Waals surface area contributed by atoms with Crippen LogP contribution in [0.25, 0.3) is 11.3 Å². The lowest BCUT2D eigenvalue weighted by Crippen LogP contribution is -2.49. The number of hydrogen-bond acceptors (Lipinski definition) is 5. The molecule has 0 bridgehead atoms. The highest BCUT2D eigenvalue weighted by Crippen LogP contribution is 2.41. The van der Waals surface area contributed by atoms with E-state index in [1.54, 1.807) is 11.3 Å². The van der Waals surface area contributed by atoms with Gasteiger partial charge in [0.25, 0.3) is 5.91 Å². The monoisotopic (exact) mass is 396 g/mol. The van der Waals surface area contributed by atoms with E-state index >= 15 is 0 Å². The Balaban J connectivity index is 1.35. The van der Waals surface area contributed by atoms with Crippen molar-refractivity contribution in [1.29, 1.82) is 0 Å². The first-order valence-electron chi connectivity index (χ1n) is 9.18. The number of rotatable bonds is 2. The standard InChI is InChI=1S/C20H20N4OS2/c25-19(24-10-8-23(9-11-24)14-4-2-1-3-5-14)18-15-6-12-26-20-16(7-13-27-20)17(15)21-22-18/h1-5,7,13H,6,8-12H2,(H,21,22). The van der Waals surface area contributed by atoms with E-state index in [1.165, 1.54) is 15.5 Å². The number of nitrogens with zero attached hydrogens (tertiary/aromatic N) is 3. The van der Waals surface area contributed by atoms with Crippen LogP contribution in [0.15, 0.2) is 46.0 Å². The van der Waals surface area contributed by atoms with Crippen molar-refractivity contribution >= 4 is 34.7 Å². The highest BCUT2D eigenvalue weighted by Gasteiger charge is 2.29. The minimum atomic E-state index is 0.0835. The number of fused-ring (bicyclic) bond motifs is 3. The van der Waals surface area contributed by atoms with Gasteiger partial charge in [-0.3, -0.25) is 9.89 Å². The summed E-state index contributed by atoms with van der Waals surface area (Å²) in [5.41, 5.74) is 5.11. The number of aromatic amines is 1. The Morgan fingerprint density at radius 1 is 1.07 bits per heavy atom. The predicted octanol–water partition coefficient (Wildman–Crippen LogP) is 3.75. The molecule has 0 unspecified atom stereocenters. The fourth-order valence-electron chi connectivity index (χ4n) is 3.80. The Morgan fingerprint density at radius 2 is 1.89 bits per heavy atom. The molecular formula is C20H20N4OS2.